The monoisotopic (exact) mass is 218 g/mol. The highest BCUT2D eigenvalue weighted by Crippen LogP contribution is 2.33. The van der Waals surface area contributed by atoms with E-state index in [2.05, 4.69) is 0 Å². The first-order valence-electron chi connectivity index (χ1n) is 5.69. The number of carbonyl (C=O) groups is 2. The summed E-state index contributed by atoms with van der Waals surface area (Å²) in [5.41, 5.74) is 1.06. The van der Waals surface area contributed by atoms with Gasteiger partial charge in [0.05, 0.1) is 6.42 Å². The summed E-state index contributed by atoms with van der Waals surface area (Å²) < 4.78 is 0. The number of rotatable bonds is 0. The minimum Gasteiger partial charge on any atom is -0.298 e. The van der Waals surface area contributed by atoms with Gasteiger partial charge in [0, 0.05) is 11.0 Å². The number of hydrogen-bond donors (Lipinski definition) is 0. The molecule has 0 N–H and O–H groups in total. The van der Waals surface area contributed by atoms with Gasteiger partial charge in [-0.15, -0.1) is 0 Å². The van der Waals surface area contributed by atoms with Crippen molar-refractivity contribution in [2.45, 2.75) is 39.5 Å². The van der Waals surface area contributed by atoms with Crippen LogP contribution in [0.4, 0.5) is 0 Å². The molecule has 0 heterocycles. The summed E-state index contributed by atoms with van der Waals surface area (Å²) >= 11 is 0. The normalized spacial score (nSPS) is 17.2. The fourth-order valence-corrected chi connectivity index (χ4v) is 1.88. The largest absolute Gasteiger partial charge is 0.298 e. The predicted molar refractivity (Wildman–Crippen MR) is 64.8 cm³/mol. The molecule has 0 unspecified atom stereocenters. The van der Waals surface area contributed by atoms with Crippen molar-refractivity contribution in [2.24, 2.45) is 0 Å². The van der Waals surface area contributed by atoms with Crippen LogP contribution in [-0.2, 0) is 10.2 Å². The average molecular weight is 218 g/mol. The molecule has 0 aromatic heterocycles. The van der Waals surface area contributed by atoms with Crippen LogP contribution >= 0.6 is 0 Å². The highest BCUT2D eigenvalue weighted by atomic mass is 16.1. The molecule has 1 aromatic carbocycles. The fourth-order valence-electron chi connectivity index (χ4n) is 1.88. The van der Waals surface area contributed by atoms with Gasteiger partial charge in [-0.2, -0.15) is 0 Å². The van der Waals surface area contributed by atoms with E-state index < -0.39 is 5.41 Å². The van der Waals surface area contributed by atoms with E-state index in [9.17, 15) is 9.59 Å². The standard InChI is InChI=1S/C12H12O2.C2H6/c1-12(2)9-6-4-3-5-8(9)10(13)7-11(12)14;1-2/h3-6H,7H2,1-2H3;1-2H3. The van der Waals surface area contributed by atoms with E-state index in [1.54, 1.807) is 6.07 Å². The van der Waals surface area contributed by atoms with Crippen LogP contribution in [0.5, 0.6) is 0 Å². The zero-order valence-electron chi connectivity index (χ0n) is 10.3. The molecule has 0 atom stereocenters. The van der Waals surface area contributed by atoms with Crippen LogP contribution in [0.15, 0.2) is 24.3 Å². The maximum Gasteiger partial charge on any atom is 0.170 e. The van der Waals surface area contributed by atoms with Crippen molar-refractivity contribution in [1.29, 1.82) is 0 Å². The molecule has 0 spiro atoms. The third kappa shape index (κ3) is 1.92. The predicted octanol–water partition coefficient (Wildman–Crippen LogP) is 3.15. The van der Waals surface area contributed by atoms with E-state index in [4.69, 9.17) is 0 Å². The molecule has 1 aromatic rings. The second-order valence-electron chi connectivity index (χ2n) is 4.19. The first-order valence-corrected chi connectivity index (χ1v) is 5.69. The van der Waals surface area contributed by atoms with Gasteiger partial charge >= 0.3 is 0 Å². The van der Waals surface area contributed by atoms with Crippen LogP contribution in [0.1, 0.15) is 50.0 Å². The summed E-state index contributed by atoms with van der Waals surface area (Å²) in [5, 5.41) is 0. The number of Topliss-reactive ketones (excluding diaryl/α,β-unsaturated/α-hetero) is 2. The van der Waals surface area contributed by atoms with Crippen LogP contribution in [0, 0.1) is 0 Å². The third-order valence-electron chi connectivity index (χ3n) is 2.92. The van der Waals surface area contributed by atoms with Gasteiger partial charge in [0.2, 0.25) is 0 Å². The van der Waals surface area contributed by atoms with Crippen LogP contribution in [0.25, 0.3) is 0 Å². The number of hydrogen-bond acceptors (Lipinski definition) is 2. The fraction of sp³-hybridized carbons (Fsp3) is 0.429. The van der Waals surface area contributed by atoms with Gasteiger partial charge in [-0.05, 0) is 19.4 Å². The Bertz CT molecular complexity index is 416. The Balaban J connectivity index is 0.000000606. The number of fused-ring (bicyclic) bond motifs is 1. The molecule has 2 nitrogen and oxygen atoms in total. The van der Waals surface area contributed by atoms with Gasteiger partial charge in [0.15, 0.2) is 11.6 Å². The van der Waals surface area contributed by atoms with Gasteiger partial charge in [0.25, 0.3) is 0 Å². The second-order valence-corrected chi connectivity index (χ2v) is 4.19. The molecule has 0 bridgehead atoms. The molecular formula is C14H18O2. The van der Waals surface area contributed by atoms with Crippen LogP contribution in [-0.4, -0.2) is 11.6 Å². The van der Waals surface area contributed by atoms with Crippen LogP contribution < -0.4 is 0 Å². The number of carbonyl (C=O) groups excluding carboxylic acids is 2. The van der Waals surface area contributed by atoms with Crippen molar-refractivity contribution < 1.29 is 9.59 Å². The Kier molecular flexibility index (Phi) is 3.63. The Morgan fingerprint density at radius 1 is 1.06 bits per heavy atom. The van der Waals surface area contributed by atoms with Gasteiger partial charge in [-0.25, -0.2) is 0 Å². The highest BCUT2D eigenvalue weighted by molar-refractivity contribution is 6.15. The summed E-state index contributed by atoms with van der Waals surface area (Å²) in [5.74, 6) is -0.0360. The minimum atomic E-state index is -0.509. The molecule has 0 saturated carbocycles. The smallest absolute Gasteiger partial charge is 0.170 e. The van der Waals surface area contributed by atoms with E-state index in [-0.39, 0.29) is 18.0 Å². The maximum atomic E-state index is 11.7. The molecule has 1 aliphatic rings. The van der Waals surface area contributed by atoms with E-state index in [0.717, 1.165) is 5.56 Å². The molecule has 0 aliphatic heterocycles. The van der Waals surface area contributed by atoms with Crippen molar-refractivity contribution in [2.75, 3.05) is 0 Å². The zero-order chi connectivity index (χ0) is 12.3. The molecule has 0 fully saturated rings. The first-order chi connectivity index (χ1) is 7.53. The number of ketones is 2. The van der Waals surface area contributed by atoms with Crippen molar-refractivity contribution in [3.8, 4) is 0 Å². The lowest BCUT2D eigenvalue weighted by atomic mass is 9.71. The molecular weight excluding hydrogens is 200 g/mol. The molecule has 2 rings (SSSR count). The zero-order valence-corrected chi connectivity index (χ0v) is 10.3. The summed E-state index contributed by atoms with van der Waals surface area (Å²) in [7, 11) is 0. The highest BCUT2D eigenvalue weighted by Gasteiger charge is 2.38. The summed E-state index contributed by atoms with van der Waals surface area (Å²) in [6.07, 6.45) is 0.0456. The van der Waals surface area contributed by atoms with E-state index >= 15 is 0 Å². The van der Waals surface area contributed by atoms with E-state index in [0.29, 0.717) is 5.56 Å². The van der Waals surface area contributed by atoms with Gasteiger partial charge < -0.3 is 0 Å². The lowest BCUT2D eigenvalue weighted by Crippen LogP contribution is -2.36. The van der Waals surface area contributed by atoms with E-state index in [1.165, 1.54) is 0 Å². The lowest BCUT2D eigenvalue weighted by Gasteiger charge is -2.29. The SMILES string of the molecule is CC.CC1(C)C(=O)CC(=O)c2ccccc21. The average Bonchev–Trinajstić information content (AvgIpc) is 2.30. The van der Waals surface area contributed by atoms with Crippen molar-refractivity contribution >= 4 is 11.6 Å². The molecule has 86 valence electrons. The van der Waals surface area contributed by atoms with Crippen molar-refractivity contribution in [3.05, 3.63) is 35.4 Å². The summed E-state index contributed by atoms with van der Waals surface area (Å²) in [6.45, 7) is 7.75. The Labute approximate surface area is 96.7 Å². The summed E-state index contributed by atoms with van der Waals surface area (Å²) in [4.78, 5) is 23.2. The molecule has 0 amide bonds. The van der Waals surface area contributed by atoms with Crippen molar-refractivity contribution in [3.63, 3.8) is 0 Å². The molecule has 0 saturated heterocycles. The van der Waals surface area contributed by atoms with Crippen LogP contribution in [0.2, 0.25) is 0 Å². The maximum absolute atomic E-state index is 11.7. The second kappa shape index (κ2) is 4.60. The lowest BCUT2D eigenvalue weighted by molar-refractivity contribution is -0.122. The topological polar surface area (TPSA) is 34.1 Å². The first kappa shape index (κ1) is 12.6. The van der Waals surface area contributed by atoms with Crippen molar-refractivity contribution in [1.82, 2.24) is 0 Å². The Hall–Kier alpha value is -1.44. The number of benzene rings is 1. The van der Waals surface area contributed by atoms with Gasteiger partial charge in [-0.1, -0.05) is 38.1 Å². The molecule has 0 radical (unpaired) electrons. The van der Waals surface area contributed by atoms with Crippen LogP contribution in [0.3, 0.4) is 0 Å². The molecule has 2 heteroatoms. The molecule has 16 heavy (non-hydrogen) atoms. The minimum absolute atomic E-state index is 0.0150. The quantitative estimate of drug-likeness (QED) is 0.627. The Morgan fingerprint density at radius 2 is 1.62 bits per heavy atom. The van der Waals surface area contributed by atoms with Gasteiger partial charge in [-0.3, -0.25) is 9.59 Å². The van der Waals surface area contributed by atoms with Gasteiger partial charge in [0.1, 0.15) is 0 Å². The third-order valence-corrected chi connectivity index (χ3v) is 2.92. The van der Waals surface area contributed by atoms with E-state index in [1.807, 2.05) is 45.9 Å². The summed E-state index contributed by atoms with van der Waals surface area (Å²) in [6, 6.07) is 7.37. The Morgan fingerprint density at radius 3 is 2.25 bits per heavy atom. The molecule has 1 aliphatic carbocycles.